The van der Waals surface area contributed by atoms with Gasteiger partial charge in [0, 0.05) is 23.5 Å². The topological polar surface area (TPSA) is 104 Å². The molecular weight excluding hydrogens is 524 g/mol. The Hall–Kier alpha value is -2.66. The summed E-state index contributed by atoms with van der Waals surface area (Å²) in [7, 11) is 1.54. The van der Waals surface area contributed by atoms with E-state index < -0.39 is 12.0 Å². The summed E-state index contributed by atoms with van der Waals surface area (Å²) in [6, 6.07) is 3.60. The van der Waals surface area contributed by atoms with Crippen LogP contribution < -0.4 is 19.6 Å². The number of nitrogens with zero attached hydrogens (tertiary/aromatic N) is 3. The van der Waals surface area contributed by atoms with Gasteiger partial charge in [-0.05, 0) is 37.9 Å². The van der Waals surface area contributed by atoms with Crippen LogP contribution in [0.25, 0.3) is 0 Å². The first kappa shape index (κ1) is 20.6. The zero-order valence-corrected chi connectivity index (χ0v) is 19.1. The summed E-state index contributed by atoms with van der Waals surface area (Å²) in [5.41, 5.74) is 4.15. The van der Waals surface area contributed by atoms with Gasteiger partial charge in [-0.15, -0.1) is 0 Å². The first-order valence-electron chi connectivity index (χ1n) is 8.84. The summed E-state index contributed by atoms with van der Waals surface area (Å²) in [4.78, 5) is 22.2. The number of methoxy groups -OCH3 is 1. The number of hydrazone groups is 1. The SMILES string of the molecule is COc1c(Br)c([C@@H]2ON=C(C(=O)N/N=C\c3cccnc3)[C@@H]2C)c(Br)c2c1OCO2. The van der Waals surface area contributed by atoms with Crippen molar-refractivity contribution in [1.82, 2.24) is 10.4 Å². The van der Waals surface area contributed by atoms with E-state index in [9.17, 15) is 4.79 Å². The van der Waals surface area contributed by atoms with Crippen LogP contribution in [-0.4, -0.2) is 36.7 Å². The van der Waals surface area contributed by atoms with Gasteiger partial charge in [-0.3, -0.25) is 9.78 Å². The van der Waals surface area contributed by atoms with E-state index in [2.05, 4.69) is 52.5 Å². The van der Waals surface area contributed by atoms with E-state index in [1.165, 1.54) is 13.3 Å². The van der Waals surface area contributed by atoms with Gasteiger partial charge in [0.25, 0.3) is 5.91 Å². The maximum atomic E-state index is 12.6. The Kier molecular flexibility index (Phi) is 5.91. The molecule has 1 amide bonds. The molecule has 2 atom stereocenters. The fourth-order valence-electron chi connectivity index (χ4n) is 3.14. The number of aromatic nitrogens is 1. The largest absolute Gasteiger partial charge is 0.492 e. The van der Waals surface area contributed by atoms with Crippen LogP contribution in [-0.2, 0) is 9.63 Å². The molecule has 0 unspecified atom stereocenters. The molecule has 30 heavy (non-hydrogen) atoms. The lowest BCUT2D eigenvalue weighted by atomic mass is 9.93. The third kappa shape index (κ3) is 3.63. The van der Waals surface area contributed by atoms with Crippen LogP contribution in [0.3, 0.4) is 0 Å². The predicted octanol–water partition coefficient (Wildman–Crippen LogP) is 3.56. The zero-order chi connectivity index (χ0) is 21.3. The van der Waals surface area contributed by atoms with Crippen molar-refractivity contribution in [3.05, 3.63) is 44.6 Å². The highest BCUT2D eigenvalue weighted by Gasteiger charge is 2.41. The predicted molar refractivity (Wildman–Crippen MR) is 115 cm³/mol. The monoisotopic (exact) mass is 538 g/mol. The number of carbonyl (C=O) groups is 1. The summed E-state index contributed by atoms with van der Waals surface area (Å²) < 4.78 is 17.8. The summed E-state index contributed by atoms with van der Waals surface area (Å²) in [5, 5.41) is 7.95. The maximum absolute atomic E-state index is 12.6. The van der Waals surface area contributed by atoms with Crippen molar-refractivity contribution < 1.29 is 23.8 Å². The van der Waals surface area contributed by atoms with Gasteiger partial charge in [-0.1, -0.05) is 18.1 Å². The second-order valence-electron chi connectivity index (χ2n) is 6.42. The van der Waals surface area contributed by atoms with Gasteiger partial charge in [0.2, 0.25) is 12.5 Å². The summed E-state index contributed by atoms with van der Waals surface area (Å²) in [6.45, 7) is 1.93. The Morgan fingerprint density at radius 3 is 2.87 bits per heavy atom. The molecule has 0 saturated carbocycles. The molecular formula is C19H16Br2N4O5. The van der Waals surface area contributed by atoms with Crippen molar-refractivity contribution >= 4 is 49.7 Å². The molecule has 11 heteroatoms. The number of fused-ring (bicyclic) bond motifs is 1. The molecule has 0 radical (unpaired) electrons. The van der Waals surface area contributed by atoms with E-state index in [4.69, 9.17) is 19.0 Å². The standard InChI is InChI=1S/C19H16Br2N4O5/c1-9-14(19(26)24-23-7-10-4-3-5-22-6-10)25-30-15(9)11-12(20)16(27-2)18-17(13(11)21)28-8-29-18/h3-7,9,15H,8H2,1-2H3,(H,24,26)/b23-7-/t9-,15+/m0/s1. The van der Waals surface area contributed by atoms with Crippen LogP contribution in [0.2, 0.25) is 0 Å². The number of amides is 1. The second-order valence-corrected chi connectivity index (χ2v) is 8.00. The second kappa shape index (κ2) is 8.60. The molecule has 9 nitrogen and oxygen atoms in total. The Balaban J connectivity index is 1.54. The van der Waals surface area contributed by atoms with Crippen LogP contribution >= 0.6 is 31.9 Å². The fourth-order valence-corrected chi connectivity index (χ4v) is 4.89. The van der Waals surface area contributed by atoms with Gasteiger partial charge < -0.3 is 19.0 Å². The van der Waals surface area contributed by atoms with Crippen LogP contribution in [0.5, 0.6) is 17.2 Å². The first-order chi connectivity index (χ1) is 14.5. The van der Waals surface area contributed by atoms with Gasteiger partial charge in [0.15, 0.2) is 23.3 Å². The molecule has 4 rings (SSSR count). The van der Waals surface area contributed by atoms with E-state index in [0.29, 0.717) is 31.8 Å². The number of carbonyl (C=O) groups excluding carboxylic acids is 1. The number of hydrogen-bond donors (Lipinski definition) is 1. The van der Waals surface area contributed by atoms with Crippen LogP contribution in [0.4, 0.5) is 0 Å². The zero-order valence-electron chi connectivity index (χ0n) is 15.9. The van der Waals surface area contributed by atoms with E-state index >= 15 is 0 Å². The average Bonchev–Trinajstić information content (AvgIpc) is 3.37. The molecule has 2 aliphatic heterocycles. The van der Waals surface area contributed by atoms with Crippen LogP contribution in [0.1, 0.15) is 24.2 Å². The molecule has 1 N–H and O–H groups in total. The third-order valence-corrected chi connectivity index (χ3v) is 6.20. The molecule has 0 aliphatic carbocycles. The minimum atomic E-state index is -0.555. The molecule has 2 aliphatic rings. The number of benzene rings is 1. The lowest BCUT2D eigenvalue weighted by Gasteiger charge is -2.20. The van der Waals surface area contributed by atoms with E-state index in [-0.39, 0.29) is 18.4 Å². The molecule has 2 aromatic rings. The number of oxime groups is 1. The number of rotatable bonds is 5. The minimum absolute atomic E-state index is 0.0837. The molecule has 0 fully saturated rings. The van der Waals surface area contributed by atoms with Crippen molar-refractivity contribution in [2.45, 2.75) is 13.0 Å². The minimum Gasteiger partial charge on any atom is -0.492 e. The highest BCUT2D eigenvalue weighted by molar-refractivity contribution is 9.11. The number of hydrogen-bond acceptors (Lipinski definition) is 8. The van der Waals surface area contributed by atoms with E-state index in [0.717, 1.165) is 5.56 Å². The van der Waals surface area contributed by atoms with Crippen molar-refractivity contribution in [2.24, 2.45) is 16.2 Å². The summed E-state index contributed by atoms with van der Waals surface area (Å²) >= 11 is 7.11. The Bertz CT molecular complexity index is 1050. The molecule has 0 saturated heterocycles. The van der Waals surface area contributed by atoms with Gasteiger partial charge >= 0.3 is 0 Å². The van der Waals surface area contributed by atoms with Gasteiger partial charge in [0.05, 0.1) is 28.2 Å². The number of pyridine rings is 1. The van der Waals surface area contributed by atoms with Crippen molar-refractivity contribution in [1.29, 1.82) is 0 Å². The van der Waals surface area contributed by atoms with Crippen molar-refractivity contribution in [3.63, 3.8) is 0 Å². The molecule has 156 valence electrons. The van der Waals surface area contributed by atoms with E-state index in [1.807, 2.05) is 13.0 Å². The maximum Gasteiger partial charge on any atom is 0.289 e. The Morgan fingerprint density at radius 1 is 1.33 bits per heavy atom. The van der Waals surface area contributed by atoms with Crippen molar-refractivity contribution in [2.75, 3.05) is 13.9 Å². The molecule has 0 bridgehead atoms. The fraction of sp³-hybridized carbons (Fsp3) is 0.263. The highest BCUT2D eigenvalue weighted by atomic mass is 79.9. The lowest BCUT2D eigenvalue weighted by molar-refractivity contribution is -0.115. The van der Waals surface area contributed by atoms with Gasteiger partial charge in [0.1, 0.15) is 0 Å². The molecule has 3 heterocycles. The number of nitrogens with one attached hydrogen (secondary N) is 1. The van der Waals surface area contributed by atoms with Gasteiger partial charge in [-0.25, -0.2) is 5.43 Å². The Labute approximate surface area is 188 Å². The average molecular weight is 540 g/mol. The van der Waals surface area contributed by atoms with Gasteiger partial charge in [-0.2, -0.15) is 5.10 Å². The normalized spacial score (nSPS) is 19.5. The first-order valence-corrected chi connectivity index (χ1v) is 10.4. The number of ether oxygens (including phenoxy) is 3. The lowest BCUT2D eigenvalue weighted by Crippen LogP contribution is -2.31. The molecule has 0 spiro atoms. The van der Waals surface area contributed by atoms with E-state index in [1.54, 1.807) is 18.5 Å². The summed E-state index contributed by atoms with van der Waals surface area (Å²) in [5.74, 6) is 0.672. The molecule has 1 aromatic carbocycles. The van der Waals surface area contributed by atoms with Crippen LogP contribution in [0.15, 0.2) is 43.7 Å². The number of halogens is 2. The summed E-state index contributed by atoms with van der Waals surface area (Å²) in [6.07, 6.45) is 4.23. The van der Waals surface area contributed by atoms with Crippen molar-refractivity contribution in [3.8, 4) is 17.2 Å². The highest BCUT2D eigenvalue weighted by Crippen LogP contribution is 2.55. The molecule has 1 aromatic heterocycles. The third-order valence-electron chi connectivity index (χ3n) is 4.63. The Morgan fingerprint density at radius 2 is 2.13 bits per heavy atom. The smallest absolute Gasteiger partial charge is 0.289 e. The van der Waals surface area contributed by atoms with Crippen LogP contribution in [0, 0.1) is 5.92 Å². The quantitative estimate of drug-likeness (QED) is 0.460.